The zero-order chi connectivity index (χ0) is 24.6. The molecule has 3 aromatic carbocycles. The minimum atomic E-state index is -3.67. The van der Waals surface area contributed by atoms with Crippen molar-refractivity contribution in [1.29, 1.82) is 0 Å². The monoisotopic (exact) mass is 506 g/mol. The zero-order valence-electron chi connectivity index (χ0n) is 18.8. The Bertz CT molecular complexity index is 1520. The minimum Gasteiger partial charge on any atom is -0.384 e. The van der Waals surface area contributed by atoms with Crippen molar-refractivity contribution in [3.63, 3.8) is 0 Å². The van der Waals surface area contributed by atoms with E-state index in [1.54, 1.807) is 59.6 Å². The van der Waals surface area contributed by atoms with E-state index in [0.717, 1.165) is 21.9 Å². The van der Waals surface area contributed by atoms with Crippen LogP contribution in [0.25, 0.3) is 21.9 Å². The Morgan fingerprint density at radius 1 is 0.829 bits per heavy atom. The molecule has 5 rings (SSSR count). The van der Waals surface area contributed by atoms with Crippen molar-refractivity contribution in [3.8, 4) is 11.1 Å². The molecule has 1 amide bonds. The lowest BCUT2D eigenvalue weighted by Gasteiger charge is -2.34. The van der Waals surface area contributed by atoms with E-state index in [2.05, 4.69) is 4.98 Å². The van der Waals surface area contributed by atoms with E-state index in [-0.39, 0.29) is 23.9 Å². The number of benzene rings is 3. The van der Waals surface area contributed by atoms with E-state index in [1.165, 1.54) is 4.31 Å². The number of nitrogens with zero attached hydrogens (tertiary/aromatic N) is 3. The Hall–Kier alpha value is -3.46. The maximum Gasteiger partial charge on any atom is 0.253 e. The van der Waals surface area contributed by atoms with Crippen molar-refractivity contribution >= 4 is 44.1 Å². The average Bonchev–Trinajstić information content (AvgIpc) is 2.88. The summed E-state index contributed by atoms with van der Waals surface area (Å²) < 4.78 is 27.9. The van der Waals surface area contributed by atoms with Crippen LogP contribution in [0.15, 0.2) is 83.9 Å². The van der Waals surface area contributed by atoms with E-state index >= 15 is 0 Å². The third-order valence-corrected chi connectivity index (χ3v) is 8.31. The summed E-state index contributed by atoms with van der Waals surface area (Å²) in [6.07, 6.45) is 1.64. The molecule has 2 N–H and O–H groups in total. The Morgan fingerprint density at radius 2 is 1.51 bits per heavy atom. The second kappa shape index (κ2) is 9.30. The molecule has 0 atom stereocenters. The number of hydrogen-bond donors (Lipinski definition) is 1. The number of nitrogen functional groups attached to an aromatic ring is 1. The maximum absolute atomic E-state index is 13.2. The lowest BCUT2D eigenvalue weighted by molar-refractivity contribution is 0.0698. The van der Waals surface area contributed by atoms with Crippen molar-refractivity contribution in [1.82, 2.24) is 14.2 Å². The van der Waals surface area contributed by atoms with Gasteiger partial charge in [-0.1, -0.05) is 35.9 Å². The van der Waals surface area contributed by atoms with Gasteiger partial charge in [-0.3, -0.25) is 4.79 Å². The first-order valence-electron chi connectivity index (χ1n) is 11.1. The van der Waals surface area contributed by atoms with Crippen LogP contribution in [0.1, 0.15) is 10.4 Å². The number of sulfonamides is 1. The molecule has 0 aliphatic carbocycles. The highest BCUT2D eigenvalue weighted by molar-refractivity contribution is 7.89. The van der Waals surface area contributed by atoms with Gasteiger partial charge in [0.25, 0.3) is 5.91 Å². The van der Waals surface area contributed by atoms with Crippen LogP contribution >= 0.6 is 11.6 Å². The summed E-state index contributed by atoms with van der Waals surface area (Å²) in [5.41, 5.74) is 8.17. The van der Waals surface area contributed by atoms with Gasteiger partial charge in [0.1, 0.15) is 5.82 Å². The van der Waals surface area contributed by atoms with Crippen LogP contribution < -0.4 is 5.73 Å². The number of aromatic nitrogens is 1. The highest BCUT2D eigenvalue weighted by Gasteiger charge is 2.30. The first kappa shape index (κ1) is 23.3. The van der Waals surface area contributed by atoms with Gasteiger partial charge in [-0.25, -0.2) is 13.4 Å². The Labute approximate surface area is 208 Å². The predicted molar refractivity (Wildman–Crippen MR) is 138 cm³/mol. The van der Waals surface area contributed by atoms with Crippen molar-refractivity contribution in [2.75, 3.05) is 31.9 Å². The highest BCUT2D eigenvalue weighted by Crippen LogP contribution is 2.26. The van der Waals surface area contributed by atoms with Crippen molar-refractivity contribution in [3.05, 3.63) is 89.6 Å². The molecule has 4 aromatic rings. The summed E-state index contributed by atoms with van der Waals surface area (Å²) in [6.45, 7) is 1.12. The third-order valence-electron chi connectivity index (χ3n) is 6.18. The molecule has 1 fully saturated rings. The van der Waals surface area contributed by atoms with Crippen LogP contribution in [0.2, 0.25) is 5.02 Å². The van der Waals surface area contributed by atoms with Crippen LogP contribution in [-0.2, 0) is 10.0 Å². The second-order valence-corrected chi connectivity index (χ2v) is 10.8. The van der Waals surface area contributed by atoms with Gasteiger partial charge in [-0.05, 0) is 70.4 Å². The number of fused-ring (bicyclic) bond motifs is 1. The summed E-state index contributed by atoms with van der Waals surface area (Å²) >= 11 is 6.03. The number of carbonyl (C=O) groups excluding carboxylic acids is 1. The fourth-order valence-corrected chi connectivity index (χ4v) is 5.89. The number of nitrogens with two attached hydrogens (primary N) is 1. The molecule has 1 aromatic heterocycles. The Morgan fingerprint density at radius 3 is 2.23 bits per heavy atom. The molecule has 1 aliphatic heterocycles. The molecule has 9 heteroatoms. The largest absolute Gasteiger partial charge is 0.384 e. The normalized spacial score (nSPS) is 14.8. The topological polar surface area (TPSA) is 96.6 Å². The predicted octanol–water partition coefficient (Wildman–Crippen LogP) is 4.28. The highest BCUT2D eigenvalue weighted by atomic mass is 35.5. The third kappa shape index (κ3) is 4.73. The first-order chi connectivity index (χ1) is 16.8. The summed E-state index contributed by atoms with van der Waals surface area (Å²) in [5.74, 6) is 0.314. The van der Waals surface area contributed by atoms with E-state index in [0.29, 0.717) is 29.5 Å². The summed E-state index contributed by atoms with van der Waals surface area (Å²) in [4.78, 5) is 18.9. The van der Waals surface area contributed by atoms with Gasteiger partial charge in [-0.15, -0.1) is 0 Å². The second-order valence-electron chi connectivity index (χ2n) is 8.40. The SMILES string of the molecule is Nc1cc(-c2ccc(C(=O)N3CCN(S(=O)(=O)c4ccc5cc(Cl)ccc5c4)CC3)cc2)ccn1. The molecule has 1 aliphatic rings. The molecule has 0 bridgehead atoms. The quantitative estimate of drug-likeness (QED) is 0.445. The number of halogens is 1. The van der Waals surface area contributed by atoms with Gasteiger partial charge in [-0.2, -0.15) is 4.31 Å². The van der Waals surface area contributed by atoms with Gasteiger partial charge in [0, 0.05) is 43.0 Å². The molecular weight excluding hydrogens is 484 g/mol. The lowest BCUT2D eigenvalue weighted by atomic mass is 10.0. The van der Waals surface area contributed by atoms with E-state index in [4.69, 9.17) is 17.3 Å². The molecule has 0 spiro atoms. The van der Waals surface area contributed by atoms with Crippen LogP contribution in [0.5, 0.6) is 0 Å². The average molecular weight is 507 g/mol. The van der Waals surface area contributed by atoms with Gasteiger partial charge < -0.3 is 10.6 Å². The van der Waals surface area contributed by atoms with Gasteiger partial charge in [0.15, 0.2) is 0 Å². The molecule has 1 saturated heterocycles. The smallest absolute Gasteiger partial charge is 0.253 e. The number of piperazine rings is 1. The number of rotatable bonds is 4. The number of carbonyl (C=O) groups is 1. The molecular formula is C26H23ClN4O3S. The standard InChI is InChI=1S/C26H23ClN4O3S/c27-23-7-5-21-16-24(8-6-20(21)15-23)35(33,34)31-13-11-30(12-14-31)26(32)19-3-1-18(2-4-19)22-9-10-29-25(28)17-22/h1-10,15-17H,11-14H2,(H2,28,29). The van der Waals surface area contributed by atoms with Crippen LogP contribution in [0.3, 0.4) is 0 Å². The van der Waals surface area contributed by atoms with Gasteiger partial charge >= 0.3 is 0 Å². The number of anilines is 1. The minimum absolute atomic E-state index is 0.120. The Balaban J connectivity index is 1.26. The molecule has 7 nitrogen and oxygen atoms in total. The van der Waals surface area contributed by atoms with E-state index < -0.39 is 10.0 Å². The fourth-order valence-electron chi connectivity index (χ4n) is 4.25. The molecule has 35 heavy (non-hydrogen) atoms. The number of hydrogen-bond acceptors (Lipinski definition) is 5. The van der Waals surface area contributed by atoms with Crippen LogP contribution in [-0.4, -0.2) is 54.7 Å². The molecule has 2 heterocycles. The van der Waals surface area contributed by atoms with Crippen LogP contribution in [0, 0.1) is 0 Å². The Kier molecular flexibility index (Phi) is 6.19. The fraction of sp³-hybridized carbons (Fsp3) is 0.154. The van der Waals surface area contributed by atoms with Crippen molar-refractivity contribution in [2.45, 2.75) is 4.90 Å². The molecule has 178 valence electrons. The van der Waals surface area contributed by atoms with Gasteiger partial charge in [0.2, 0.25) is 10.0 Å². The summed E-state index contributed by atoms with van der Waals surface area (Å²) in [5, 5.41) is 2.29. The van der Waals surface area contributed by atoms with Crippen molar-refractivity contribution < 1.29 is 13.2 Å². The summed E-state index contributed by atoms with van der Waals surface area (Å²) in [6, 6.07) is 21.3. The van der Waals surface area contributed by atoms with E-state index in [9.17, 15) is 13.2 Å². The molecule has 0 saturated carbocycles. The summed E-state index contributed by atoms with van der Waals surface area (Å²) in [7, 11) is -3.67. The zero-order valence-corrected chi connectivity index (χ0v) is 20.3. The van der Waals surface area contributed by atoms with E-state index in [1.807, 2.05) is 24.3 Å². The van der Waals surface area contributed by atoms with Gasteiger partial charge in [0.05, 0.1) is 4.90 Å². The number of amides is 1. The maximum atomic E-state index is 13.2. The lowest BCUT2D eigenvalue weighted by Crippen LogP contribution is -2.50. The number of pyridine rings is 1. The first-order valence-corrected chi connectivity index (χ1v) is 12.9. The van der Waals surface area contributed by atoms with Crippen LogP contribution in [0.4, 0.5) is 5.82 Å². The molecule has 0 unspecified atom stereocenters. The molecule has 0 radical (unpaired) electrons. The van der Waals surface area contributed by atoms with Crippen molar-refractivity contribution in [2.24, 2.45) is 0 Å².